The highest BCUT2D eigenvalue weighted by Gasteiger charge is 2.09. The Morgan fingerprint density at radius 3 is 2.14 bits per heavy atom. The Kier molecular flexibility index (Phi) is 5.28. The molecule has 0 aliphatic rings. The van der Waals surface area contributed by atoms with Gasteiger partial charge in [0.2, 0.25) is 0 Å². The lowest BCUT2D eigenvalue weighted by Crippen LogP contribution is -2.29. The molecule has 0 spiro atoms. The van der Waals surface area contributed by atoms with Gasteiger partial charge in [-0.3, -0.25) is 0 Å². The van der Waals surface area contributed by atoms with E-state index in [1.807, 2.05) is 19.9 Å². The molecule has 0 unspecified atom stereocenters. The third kappa shape index (κ3) is 5.62. The van der Waals surface area contributed by atoms with E-state index in [-0.39, 0.29) is 11.5 Å². The van der Waals surface area contributed by atoms with Crippen LogP contribution >= 0.6 is 0 Å². The summed E-state index contributed by atoms with van der Waals surface area (Å²) in [6, 6.07) is 0. The van der Waals surface area contributed by atoms with Crippen LogP contribution in [0.4, 0.5) is 4.79 Å². The van der Waals surface area contributed by atoms with Crippen LogP contribution in [0.2, 0.25) is 0 Å². The average molecular weight is 199 g/mol. The number of amides is 1. The molecule has 0 atom stereocenters. The summed E-state index contributed by atoms with van der Waals surface area (Å²) in [5.74, 6) is 0. The van der Waals surface area contributed by atoms with Gasteiger partial charge in [-0.25, -0.2) is 4.79 Å². The van der Waals surface area contributed by atoms with Crippen molar-refractivity contribution in [2.24, 2.45) is 5.41 Å². The van der Waals surface area contributed by atoms with Crippen LogP contribution in [0.1, 0.15) is 34.6 Å². The van der Waals surface area contributed by atoms with Crippen molar-refractivity contribution in [3.8, 4) is 0 Å². The van der Waals surface area contributed by atoms with E-state index in [1.54, 1.807) is 4.90 Å². The predicted molar refractivity (Wildman–Crippen MR) is 58.0 cm³/mol. The topological polar surface area (TPSA) is 29.5 Å². The fourth-order valence-electron chi connectivity index (χ4n) is 0.853. The first kappa shape index (κ1) is 13.0. The van der Waals surface area contributed by atoms with Gasteiger partial charge in [0.05, 0.1) is 6.26 Å². The standard InChI is InChI=1S/C11H21NO2/c1-6-12(7-2)10(13)14-9-8-11(3,4)5/h8-9H,6-7H2,1-5H3/b9-8+. The molecule has 0 bridgehead atoms. The van der Waals surface area contributed by atoms with E-state index in [0.717, 1.165) is 0 Å². The average Bonchev–Trinajstić information content (AvgIpc) is 2.04. The number of allylic oxidation sites excluding steroid dienone is 1. The number of hydrogen-bond donors (Lipinski definition) is 0. The van der Waals surface area contributed by atoms with E-state index in [2.05, 4.69) is 20.8 Å². The normalized spacial score (nSPS) is 11.8. The molecule has 0 aromatic rings. The van der Waals surface area contributed by atoms with Crippen LogP contribution in [0.25, 0.3) is 0 Å². The van der Waals surface area contributed by atoms with Crippen molar-refractivity contribution in [2.75, 3.05) is 13.1 Å². The zero-order valence-corrected chi connectivity index (χ0v) is 9.83. The van der Waals surface area contributed by atoms with E-state index in [4.69, 9.17) is 4.74 Å². The summed E-state index contributed by atoms with van der Waals surface area (Å²) in [5, 5.41) is 0. The Balaban J connectivity index is 4.02. The van der Waals surface area contributed by atoms with Crippen LogP contribution in [-0.4, -0.2) is 24.1 Å². The van der Waals surface area contributed by atoms with Gasteiger partial charge < -0.3 is 9.64 Å². The number of hydrogen-bond acceptors (Lipinski definition) is 2. The molecule has 0 aliphatic carbocycles. The lowest BCUT2D eigenvalue weighted by Gasteiger charge is -2.17. The largest absolute Gasteiger partial charge is 0.418 e. The summed E-state index contributed by atoms with van der Waals surface area (Å²) in [6.07, 6.45) is 3.06. The van der Waals surface area contributed by atoms with Gasteiger partial charge in [-0.1, -0.05) is 20.8 Å². The van der Waals surface area contributed by atoms with Crippen molar-refractivity contribution in [3.05, 3.63) is 12.3 Å². The molecule has 0 heterocycles. The number of nitrogens with zero attached hydrogens (tertiary/aromatic N) is 1. The molecular weight excluding hydrogens is 178 g/mol. The van der Waals surface area contributed by atoms with Gasteiger partial charge in [-0.2, -0.15) is 0 Å². The molecule has 3 nitrogen and oxygen atoms in total. The van der Waals surface area contributed by atoms with Crippen molar-refractivity contribution >= 4 is 6.09 Å². The van der Waals surface area contributed by atoms with Crippen LogP contribution in [0.3, 0.4) is 0 Å². The Morgan fingerprint density at radius 1 is 1.29 bits per heavy atom. The molecular formula is C11H21NO2. The summed E-state index contributed by atoms with van der Waals surface area (Å²) >= 11 is 0. The van der Waals surface area contributed by atoms with Gasteiger partial charge in [-0.15, -0.1) is 0 Å². The smallest absolute Gasteiger partial charge is 0.414 e. The van der Waals surface area contributed by atoms with Crippen LogP contribution in [0.15, 0.2) is 12.3 Å². The monoisotopic (exact) mass is 199 g/mol. The first-order valence-corrected chi connectivity index (χ1v) is 5.04. The Morgan fingerprint density at radius 2 is 1.79 bits per heavy atom. The fraction of sp³-hybridized carbons (Fsp3) is 0.727. The first-order valence-electron chi connectivity index (χ1n) is 5.04. The van der Waals surface area contributed by atoms with E-state index in [1.165, 1.54) is 6.26 Å². The second kappa shape index (κ2) is 5.68. The van der Waals surface area contributed by atoms with Crippen LogP contribution < -0.4 is 0 Å². The minimum absolute atomic E-state index is 0.0452. The molecule has 0 N–H and O–H groups in total. The highest BCUT2D eigenvalue weighted by molar-refractivity contribution is 5.68. The van der Waals surface area contributed by atoms with Gasteiger partial charge in [0.15, 0.2) is 0 Å². The molecule has 0 saturated heterocycles. The van der Waals surface area contributed by atoms with Gasteiger partial charge in [0.25, 0.3) is 0 Å². The highest BCUT2D eigenvalue weighted by atomic mass is 16.5. The lowest BCUT2D eigenvalue weighted by molar-refractivity contribution is 0.141. The number of carbonyl (C=O) groups excluding carboxylic acids is 1. The summed E-state index contributed by atoms with van der Waals surface area (Å²) < 4.78 is 4.97. The number of carbonyl (C=O) groups is 1. The molecule has 82 valence electrons. The SMILES string of the molecule is CCN(CC)C(=O)O/C=C/C(C)(C)C. The van der Waals surface area contributed by atoms with E-state index >= 15 is 0 Å². The molecule has 0 rings (SSSR count). The molecule has 1 amide bonds. The third-order valence-corrected chi connectivity index (χ3v) is 1.76. The van der Waals surface area contributed by atoms with E-state index < -0.39 is 0 Å². The maximum atomic E-state index is 11.3. The van der Waals surface area contributed by atoms with Crippen molar-refractivity contribution in [2.45, 2.75) is 34.6 Å². The zero-order valence-electron chi connectivity index (χ0n) is 9.83. The van der Waals surface area contributed by atoms with Gasteiger partial charge in [-0.05, 0) is 25.3 Å². The van der Waals surface area contributed by atoms with Crippen LogP contribution in [0, 0.1) is 5.41 Å². The molecule has 0 fully saturated rings. The first-order chi connectivity index (χ1) is 6.40. The molecule has 0 aromatic carbocycles. The quantitative estimate of drug-likeness (QED) is 0.654. The second-order valence-corrected chi connectivity index (χ2v) is 4.22. The molecule has 14 heavy (non-hydrogen) atoms. The Bertz CT molecular complexity index is 200. The fourth-order valence-corrected chi connectivity index (χ4v) is 0.853. The minimum atomic E-state index is -0.282. The van der Waals surface area contributed by atoms with Gasteiger partial charge in [0.1, 0.15) is 0 Å². The van der Waals surface area contributed by atoms with Crippen LogP contribution in [0.5, 0.6) is 0 Å². The molecule has 3 heteroatoms. The molecule has 0 radical (unpaired) electrons. The highest BCUT2D eigenvalue weighted by Crippen LogP contribution is 2.14. The maximum absolute atomic E-state index is 11.3. The summed E-state index contributed by atoms with van der Waals surface area (Å²) in [6.45, 7) is 11.4. The molecule has 0 aromatic heterocycles. The Hall–Kier alpha value is -0.990. The molecule has 0 aliphatic heterocycles. The van der Waals surface area contributed by atoms with Gasteiger partial charge >= 0.3 is 6.09 Å². The van der Waals surface area contributed by atoms with Crippen molar-refractivity contribution in [3.63, 3.8) is 0 Å². The van der Waals surface area contributed by atoms with Crippen molar-refractivity contribution in [1.82, 2.24) is 4.90 Å². The maximum Gasteiger partial charge on any atom is 0.414 e. The third-order valence-electron chi connectivity index (χ3n) is 1.76. The number of ether oxygens (including phenoxy) is 1. The number of rotatable bonds is 3. The van der Waals surface area contributed by atoms with Crippen molar-refractivity contribution in [1.29, 1.82) is 0 Å². The lowest BCUT2D eigenvalue weighted by atomic mass is 9.97. The zero-order chi connectivity index (χ0) is 11.2. The Labute approximate surface area is 86.7 Å². The van der Waals surface area contributed by atoms with Gasteiger partial charge in [0, 0.05) is 13.1 Å². The molecule has 0 saturated carbocycles. The van der Waals surface area contributed by atoms with E-state index in [9.17, 15) is 4.79 Å². The van der Waals surface area contributed by atoms with E-state index in [0.29, 0.717) is 13.1 Å². The summed E-state index contributed by atoms with van der Waals surface area (Å²) in [7, 11) is 0. The summed E-state index contributed by atoms with van der Waals surface area (Å²) in [4.78, 5) is 13.0. The van der Waals surface area contributed by atoms with Crippen LogP contribution in [-0.2, 0) is 4.74 Å². The minimum Gasteiger partial charge on any atom is -0.418 e. The predicted octanol–water partition coefficient (Wildman–Crippen LogP) is 3.02. The van der Waals surface area contributed by atoms with Crippen molar-refractivity contribution < 1.29 is 9.53 Å². The summed E-state index contributed by atoms with van der Waals surface area (Å²) in [5.41, 5.74) is 0.0452. The second-order valence-electron chi connectivity index (χ2n) is 4.22.